The number of rotatable bonds is 2. The predicted molar refractivity (Wildman–Crippen MR) is 72.9 cm³/mol. The summed E-state index contributed by atoms with van der Waals surface area (Å²) in [7, 11) is 0. The van der Waals surface area contributed by atoms with E-state index in [1.165, 1.54) is 0 Å². The van der Waals surface area contributed by atoms with Gasteiger partial charge in [-0.25, -0.2) is 4.98 Å². The van der Waals surface area contributed by atoms with Gasteiger partial charge >= 0.3 is 0 Å². The maximum Gasteiger partial charge on any atom is 0.124 e. The van der Waals surface area contributed by atoms with Crippen molar-refractivity contribution in [1.82, 2.24) is 4.98 Å². The van der Waals surface area contributed by atoms with Crippen LogP contribution in [0.2, 0.25) is 5.02 Å². The van der Waals surface area contributed by atoms with Crippen LogP contribution in [-0.2, 0) is 0 Å². The molecule has 0 aliphatic heterocycles. The maximum atomic E-state index is 5.89. The van der Waals surface area contributed by atoms with Gasteiger partial charge in [0.15, 0.2) is 0 Å². The summed E-state index contributed by atoms with van der Waals surface area (Å²) in [6.07, 6.45) is 1.83. The Morgan fingerprint density at radius 2 is 2.25 bits per heavy atom. The summed E-state index contributed by atoms with van der Waals surface area (Å²) >= 11 is 11.0. The highest BCUT2D eigenvalue weighted by molar-refractivity contribution is 9.10. The van der Waals surface area contributed by atoms with E-state index in [1.54, 1.807) is 11.3 Å². The van der Waals surface area contributed by atoms with Crippen molar-refractivity contribution in [2.75, 3.05) is 0 Å². The lowest BCUT2D eigenvalue weighted by Gasteiger charge is -2.01. The highest BCUT2D eigenvalue weighted by Gasteiger charge is 2.10. The molecule has 1 atom stereocenters. The lowest BCUT2D eigenvalue weighted by atomic mass is 10.2. The smallest absolute Gasteiger partial charge is 0.124 e. The predicted octanol–water partition coefficient (Wildman–Crippen LogP) is 4.25. The fourth-order valence-electron chi connectivity index (χ4n) is 1.28. The molecule has 2 aromatic rings. The largest absolute Gasteiger partial charge is 0.323 e. The van der Waals surface area contributed by atoms with Gasteiger partial charge in [0, 0.05) is 32.2 Å². The third-order valence-corrected chi connectivity index (χ3v) is 4.26. The van der Waals surface area contributed by atoms with E-state index in [-0.39, 0.29) is 6.04 Å². The van der Waals surface area contributed by atoms with Crippen LogP contribution in [0.4, 0.5) is 0 Å². The summed E-state index contributed by atoms with van der Waals surface area (Å²) in [6.45, 7) is 1.95. The summed E-state index contributed by atoms with van der Waals surface area (Å²) < 4.78 is 0.950. The van der Waals surface area contributed by atoms with Crippen molar-refractivity contribution in [3.8, 4) is 10.6 Å². The second-order valence-corrected chi connectivity index (χ2v) is 5.83. The molecule has 2 nitrogen and oxygen atoms in total. The van der Waals surface area contributed by atoms with Crippen molar-refractivity contribution in [3.05, 3.63) is 38.8 Å². The van der Waals surface area contributed by atoms with Gasteiger partial charge in [0.1, 0.15) is 5.01 Å². The maximum absolute atomic E-state index is 5.89. The van der Waals surface area contributed by atoms with E-state index in [1.807, 2.05) is 31.3 Å². The minimum absolute atomic E-state index is 0.0253. The van der Waals surface area contributed by atoms with Gasteiger partial charge in [-0.15, -0.1) is 11.3 Å². The molecule has 1 aromatic carbocycles. The molecule has 0 fully saturated rings. The number of halogens is 2. The van der Waals surface area contributed by atoms with Crippen LogP contribution in [-0.4, -0.2) is 4.98 Å². The van der Waals surface area contributed by atoms with Crippen molar-refractivity contribution in [2.24, 2.45) is 5.73 Å². The van der Waals surface area contributed by atoms with Crippen molar-refractivity contribution >= 4 is 38.9 Å². The van der Waals surface area contributed by atoms with Crippen molar-refractivity contribution in [1.29, 1.82) is 0 Å². The molecule has 0 bridgehead atoms. The SMILES string of the molecule is CC(N)c1cnc(-c2ccc(Cl)cc2Br)s1. The van der Waals surface area contributed by atoms with Crippen LogP contribution in [0, 0.1) is 0 Å². The molecular weight excluding hydrogens is 308 g/mol. The number of nitrogens with zero attached hydrogens (tertiary/aromatic N) is 1. The number of hydrogen-bond acceptors (Lipinski definition) is 3. The van der Waals surface area contributed by atoms with Gasteiger partial charge in [-0.05, 0) is 25.1 Å². The van der Waals surface area contributed by atoms with Gasteiger partial charge in [0.05, 0.1) is 0 Å². The molecule has 2 N–H and O–H groups in total. The Morgan fingerprint density at radius 3 is 2.81 bits per heavy atom. The second kappa shape index (κ2) is 4.84. The van der Waals surface area contributed by atoms with E-state index in [2.05, 4.69) is 20.9 Å². The fourth-order valence-corrected chi connectivity index (χ4v) is 3.19. The van der Waals surface area contributed by atoms with E-state index in [4.69, 9.17) is 17.3 Å². The normalized spacial score (nSPS) is 12.8. The lowest BCUT2D eigenvalue weighted by Crippen LogP contribution is -2.01. The lowest BCUT2D eigenvalue weighted by molar-refractivity contribution is 0.835. The van der Waals surface area contributed by atoms with Crippen LogP contribution in [0.1, 0.15) is 17.8 Å². The summed E-state index contributed by atoms with van der Waals surface area (Å²) in [5, 5.41) is 1.66. The first-order valence-corrected chi connectivity index (χ1v) is 6.73. The molecule has 1 aromatic heterocycles. The zero-order valence-electron chi connectivity index (χ0n) is 8.58. The molecule has 0 saturated heterocycles. The summed E-state index contributed by atoms with van der Waals surface area (Å²) in [6, 6.07) is 5.70. The molecule has 0 aliphatic carbocycles. The number of nitrogens with two attached hydrogens (primary N) is 1. The number of hydrogen-bond donors (Lipinski definition) is 1. The molecule has 0 amide bonds. The molecule has 1 unspecified atom stereocenters. The summed E-state index contributed by atoms with van der Waals surface area (Å²) in [5.74, 6) is 0. The Labute approximate surface area is 112 Å². The summed E-state index contributed by atoms with van der Waals surface area (Å²) in [5.41, 5.74) is 6.85. The van der Waals surface area contributed by atoms with E-state index in [9.17, 15) is 0 Å². The van der Waals surface area contributed by atoms with Gasteiger partial charge in [0.2, 0.25) is 0 Å². The quantitative estimate of drug-likeness (QED) is 0.899. The minimum atomic E-state index is 0.0253. The molecule has 0 aliphatic rings. The zero-order chi connectivity index (χ0) is 11.7. The summed E-state index contributed by atoms with van der Waals surface area (Å²) in [4.78, 5) is 5.44. The standard InChI is InChI=1S/C11H10BrClN2S/c1-6(14)10-5-15-11(16-10)8-3-2-7(13)4-9(8)12/h2-6H,14H2,1H3. The van der Waals surface area contributed by atoms with Crippen LogP contribution >= 0.6 is 38.9 Å². The monoisotopic (exact) mass is 316 g/mol. The molecule has 2 rings (SSSR count). The first kappa shape index (κ1) is 12.0. The van der Waals surface area contributed by atoms with Gasteiger partial charge in [0.25, 0.3) is 0 Å². The number of benzene rings is 1. The zero-order valence-corrected chi connectivity index (χ0v) is 11.7. The van der Waals surface area contributed by atoms with Crippen molar-refractivity contribution in [3.63, 3.8) is 0 Å². The molecule has 84 valence electrons. The third-order valence-electron chi connectivity index (χ3n) is 2.13. The van der Waals surface area contributed by atoms with Crippen LogP contribution < -0.4 is 5.73 Å². The Morgan fingerprint density at radius 1 is 1.50 bits per heavy atom. The van der Waals surface area contributed by atoms with E-state index in [0.717, 1.165) is 19.9 Å². The Kier molecular flexibility index (Phi) is 3.64. The third kappa shape index (κ3) is 2.46. The van der Waals surface area contributed by atoms with Crippen LogP contribution in [0.3, 0.4) is 0 Å². The molecular formula is C11H10BrClN2S. The average molecular weight is 318 g/mol. The fraction of sp³-hybridized carbons (Fsp3) is 0.182. The Balaban J connectivity index is 2.42. The van der Waals surface area contributed by atoms with Crippen LogP contribution in [0.15, 0.2) is 28.9 Å². The highest BCUT2D eigenvalue weighted by atomic mass is 79.9. The second-order valence-electron chi connectivity index (χ2n) is 3.48. The first-order chi connectivity index (χ1) is 7.58. The average Bonchev–Trinajstić information content (AvgIpc) is 2.66. The molecule has 0 saturated carbocycles. The number of aromatic nitrogens is 1. The van der Waals surface area contributed by atoms with E-state index in [0.29, 0.717) is 5.02 Å². The Bertz CT molecular complexity index is 510. The van der Waals surface area contributed by atoms with Crippen molar-refractivity contribution < 1.29 is 0 Å². The first-order valence-electron chi connectivity index (χ1n) is 4.74. The van der Waals surface area contributed by atoms with Crippen LogP contribution in [0.5, 0.6) is 0 Å². The van der Waals surface area contributed by atoms with Gasteiger partial charge in [-0.2, -0.15) is 0 Å². The molecule has 0 spiro atoms. The van der Waals surface area contributed by atoms with Gasteiger partial charge < -0.3 is 5.73 Å². The Hall–Kier alpha value is -0.420. The van der Waals surface area contributed by atoms with E-state index >= 15 is 0 Å². The topological polar surface area (TPSA) is 38.9 Å². The molecule has 16 heavy (non-hydrogen) atoms. The van der Waals surface area contributed by atoms with Gasteiger partial charge in [-0.3, -0.25) is 0 Å². The molecule has 1 heterocycles. The van der Waals surface area contributed by atoms with Crippen molar-refractivity contribution in [2.45, 2.75) is 13.0 Å². The van der Waals surface area contributed by atoms with Gasteiger partial charge in [-0.1, -0.05) is 27.5 Å². The molecule has 0 radical (unpaired) electrons. The molecule has 5 heteroatoms. The van der Waals surface area contributed by atoms with Crippen LogP contribution in [0.25, 0.3) is 10.6 Å². The minimum Gasteiger partial charge on any atom is -0.323 e. The van der Waals surface area contributed by atoms with E-state index < -0.39 is 0 Å². The highest BCUT2D eigenvalue weighted by Crippen LogP contribution is 2.34. The number of thiazole rings is 1.